The van der Waals surface area contributed by atoms with Crippen LogP contribution in [0.3, 0.4) is 0 Å². The third-order valence-electron chi connectivity index (χ3n) is 3.61. The topological polar surface area (TPSA) is 0 Å². The fourth-order valence-corrected chi connectivity index (χ4v) is 3.50. The minimum atomic E-state index is -0.191. The summed E-state index contributed by atoms with van der Waals surface area (Å²) >= 11 is 6.94. The van der Waals surface area contributed by atoms with Crippen LogP contribution >= 0.6 is 31.9 Å². The van der Waals surface area contributed by atoms with Crippen LogP contribution in [-0.4, -0.2) is 0 Å². The van der Waals surface area contributed by atoms with Crippen molar-refractivity contribution in [2.75, 3.05) is 0 Å². The fourth-order valence-electron chi connectivity index (χ4n) is 2.55. The van der Waals surface area contributed by atoms with E-state index in [4.69, 9.17) is 0 Å². The average molecular weight is 364 g/mol. The highest BCUT2D eigenvalue weighted by Crippen LogP contribution is 2.35. The monoisotopic (exact) mass is 362 g/mol. The molecule has 1 unspecified atom stereocenters. The predicted molar refractivity (Wildman–Crippen MR) is 77.0 cm³/mol. The zero-order valence-corrected chi connectivity index (χ0v) is 12.9. The van der Waals surface area contributed by atoms with E-state index >= 15 is 0 Å². The molecule has 0 radical (unpaired) electrons. The molecule has 1 aromatic carbocycles. The Bertz CT molecular complexity index is 372. The van der Waals surface area contributed by atoms with Gasteiger partial charge in [-0.1, -0.05) is 47.7 Å². The van der Waals surface area contributed by atoms with Gasteiger partial charge in [0.15, 0.2) is 0 Å². The molecule has 1 fully saturated rings. The standard InChI is InChI=1S/C14H17Br2F/c15-12(7-5-10-3-1-2-4-10)11-6-8-14(17)13(16)9-11/h6,8-10,12H,1-5,7H2. The lowest BCUT2D eigenvalue weighted by molar-refractivity contribution is 0.483. The second kappa shape index (κ2) is 6.33. The van der Waals surface area contributed by atoms with Crippen LogP contribution in [0, 0.1) is 11.7 Å². The molecule has 2 rings (SSSR count). The molecule has 0 aromatic heterocycles. The van der Waals surface area contributed by atoms with Crippen LogP contribution in [0.5, 0.6) is 0 Å². The van der Waals surface area contributed by atoms with E-state index in [-0.39, 0.29) is 5.82 Å². The summed E-state index contributed by atoms with van der Waals surface area (Å²) in [5.74, 6) is 0.725. The maximum atomic E-state index is 13.1. The van der Waals surface area contributed by atoms with E-state index in [1.165, 1.54) is 38.2 Å². The summed E-state index contributed by atoms with van der Waals surface area (Å²) in [7, 11) is 0. The van der Waals surface area contributed by atoms with Gasteiger partial charge in [0.1, 0.15) is 5.82 Å². The van der Waals surface area contributed by atoms with E-state index in [1.54, 1.807) is 0 Å². The molecule has 1 atom stereocenters. The van der Waals surface area contributed by atoms with Crippen molar-refractivity contribution in [3.8, 4) is 0 Å². The van der Waals surface area contributed by atoms with Crippen LogP contribution in [0.2, 0.25) is 0 Å². The molecule has 17 heavy (non-hydrogen) atoms. The number of hydrogen-bond donors (Lipinski definition) is 0. The molecule has 94 valence electrons. The molecular weight excluding hydrogens is 347 g/mol. The van der Waals surface area contributed by atoms with Gasteiger partial charge in [-0.05, 0) is 52.4 Å². The zero-order chi connectivity index (χ0) is 12.3. The first kappa shape index (κ1) is 13.5. The minimum absolute atomic E-state index is 0.191. The van der Waals surface area contributed by atoms with Gasteiger partial charge >= 0.3 is 0 Å². The number of rotatable bonds is 4. The SMILES string of the molecule is Fc1ccc(C(Br)CCC2CCCC2)cc1Br. The van der Waals surface area contributed by atoms with Crippen molar-refractivity contribution in [2.24, 2.45) is 5.92 Å². The fraction of sp³-hybridized carbons (Fsp3) is 0.571. The zero-order valence-electron chi connectivity index (χ0n) is 9.76. The van der Waals surface area contributed by atoms with Crippen molar-refractivity contribution < 1.29 is 4.39 Å². The second-order valence-corrected chi connectivity index (χ2v) is 6.83. The summed E-state index contributed by atoms with van der Waals surface area (Å²) in [5, 5.41) is 0. The van der Waals surface area contributed by atoms with Crippen molar-refractivity contribution in [3.05, 3.63) is 34.1 Å². The molecule has 0 bridgehead atoms. The highest BCUT2D eigenvalue weighted by atomic mass is 79.9. The molecule has 0 heterocycles. The Balaban J connectivity index is 1.89. The summed E-state index contributed by atoms with van der Waals surface area (Å²) in [6.07, 6.45) is 8.02. The Morgan fingerprint density at radius 3 is 2.65 bits per heavy atom. The summed E-state index contributed by atoms with van der Waals surface area (Å²) in [6.45, 7) is 0. The molecule has 1 aliphatic rings. The van der Waals surface area contributed by atoms with Gasteiger partial charge in [-0.25, -0.2) is 4.39 Å². The predicted octanol–water partition coefficient (Wildman–Crippen LogP) is 5.99. The largest absolute Gasteiger partial charge is 0.206 e. The molecule has 1 aliphatic carbocycles. The van der Waals surface area contributed by atoms with Gasteiger partial charge in [0.05, 0.1) is 4.47 Å². The summed E-state index contributed by atoms with van der Waals surface area (Å²) in [6, 6.07) is 5.28. The van der Waals surface area contributed by atoms with Crippen molar-refractivity contribution in [1.29, 1.82) is 0 Å². The van der Waals surface area contributed by atoms with E-state index in [0.29, 0.717) is 9.30 Å². The number of benzene rings is 1. The molecule has 3 heteroatoms. The van der Waals surface area contributed by atoms with Gasteiger partial charge in [-0.3, -0.25) is 0 Å². The lowest BCUT2D eigenvalue weighted by Crippen LogP contribution is -1.97. The van der Waals surface area contributed by atoms with Gasteiger partial charge in [0.2, 0.25) is 0 Å². The van der Waals surface area contributed by atoms with Gasteiger partial charge in [0.25, 0.3) is 0 Å². The second-order valence-electron chi connectivity index (χ2n) is 4.87. The Morgan fingerprint density at radius 1 is 1.29 bits per heavy atom. The summed E-state index contributed by atoms with van der Waals surface area (Å²) in [4.78, 5) is 0.347. The van der Waals surface area contributed by atoms with E-state index < -0.39 is 0 Å². The van der Waals surface area contributed by atoms with Crippen molar-refractivity contribution in [3.63, 3.8) is 0 Å². The molecule has 1 saturated carbocycles. The maximum Gasteiger partial charge on any atom is 0.137 e. The number of hydrogen-bond acceptors (Lipinski definition) is 0. The van der Waals surface area contributed by atoms with Crippen molar-refractivity contribution in [1.82, 2.24) is 0 Å². The van der Waals surface area contributed by atoms with Crippen LogP contribution in [-0.2, 0) is 0 Å². The molecular formula is C14H17Br2F. The number of alkyl halides is 1. The Hall–Kier alpha value is 0.110. The Kier molecular flexibility index (Phi) is 5.04. The molecule has 1 aromatic rings. The molecule has 0 nitrogen and oxygen atoms in total. The lowest BCUT2D eigenvalue weighted by atomic mass is 9.98. The van der Waals surface area contributed by atoms with Crippen LogP contribution < -0.4 is 0 Å². The number of halogens is 3. The highest BCUT2D eigenvalue weighted by Gasteiger charge is 2.17. The quantitative estimate of drug-likeness (QED) is 0.576. The molecule has 0 N–H and O–H groups in total. The molecule has 0 amide bonds. The smallest absolute Gasteiger partial charge is 0.137 e. The highest BCUT2D eigenvalue weighted by molar-refractivity contribution is 9.10. The average Bonchev–Trinajstić information content (AvgIpc) is 2.82. The first-order chi connectivity index (χ1) is 8.16. The van der Waals surface area contributed by atoms with Crippen molar-refractivity contribution >= 4 is 31.9 Å². The van der Waals surface area contributed by atoms with E-state index in [0.717, 1.165) is 17.9 Å². The Labute approximate surface area is 119 Å². The van der Waals surface area contributed by atoms with E-state index in [1.807, 2.05) is 12.1 Å². The van der Waals surface area contributed by atoms with Gasteiger partial charge in [-0.15, -0.1) is 0 Å². The van der Waals surface area contributed by atoms with Crippen LogP contribution in [0.25, 0.3) is 0 Å². The van der Waals surface area contributed by atoms with Crippen LogP contribution in [0.15, 0.2) is 22.7 Å². The Morgan fingerprint density at radius 2 is 2.00 bits per heavy atom. The maximum absolute atomic E-state index is 13.1. The van der Waals surface area contributed by atoms with Gasteiger partial charge in [-0.2, -0.15) is 0 Å². The summed E-state index contributed by atoms with van der Waals surface area (Å²) < 4.78 is 13.7. The van der Waals surface area contributed by atoms with Crippen LogP contribution in [0.4, 0.5) is 4.39 Å². The first-order valence-corrected chi connectivity index (χ1v) is 7.96. The minimum Gasteiger partial charge on any atom is -0.206 e. The third kappa shape index (κ3) is 3.78. The van der Waals surface area contributed by atoms with Gasteiger partial charge < -0.3 is 0 Å². The van der Waals surface area contributed by atoms with Crippen LogP contribution in [0.1, 0.15) is 48.9 Å². The van der Waals surface area contributed by atoms with E-state index in [2.05, 4.69) is 31.9 Å². The van der Waals surface area contributed by atoms with Gasteiger partial charge in [0, 0.05) is 4.83 Å². The normalized spacial score (nSPS) is 18.5. The first-order valence-electron chi connectivity index (χ1n) is 6.26. The molecule has 0 saturated heterocycles. The molecule has 0 aliphatic heterocycles. The molecule has 0 spiro atoms. The van der Waals surface area contributed by atoms with Crippen molar-refractivity contribution in [2.45, 2.75) is 43.4 Å². The van der Waals surface area contributed by atoms with E-state index in [9.17, 15) is 4.39 Å². The lowest BCUT2D eigenvalue weighted by Gasteiger charge is -2.14. The third-order valence-corrected chi connectivity index (χ3v) is 5.20. The summed E-state index contributed by atoms with van der Waals surface area (Å²) in [5.41, 5.74) is 1.16.